The molecule has 1 aliphatic rings. The van der Waals surface area contributed by atoms with Crippen LogP contribution in [-0.4, -0.2) is 30.2 Å². The molecule has 146 valence electrons. The molecule has 0 saturated heterocycles. The molecule has 3 rings (SSSR count). The molecule has 0 spiro atoms. The van der Waals surface area contributed by atoms with Gasteiger partial charge in [0.05, 0.1) is 17.9 Å². The Kier molecular flexibility index (Phi) is 7.14. The summed E-state index contributed by atoms with van der Waals surface area (Å²) in [7, 11) is 0. The Bertz CT molecular complexity index is 852. The molecule has 0 radical (unpaired) electrons. The molecule has 0 saturated carbocycles. The van der Waals surface area contributed by atoms with Crippen LogP contribution in [-0.2, 0) is 16.0 Å². The summed E-state index contributed by atoms with van der Waals surface area (Å²) in [6.07, 6.45) is 1.73. The molecule has 0 aliphatic carbocycles. The minimum Gasteiger partial charge on any atom is -0.487 e. The largest absolute Gasteiger partial charge is 0.487 e. The number of hydrogen-bond acceptors (Lipinski definition) is 4. The van der Waals surface area contributed by atoms with E-state index < -0.39 is 0 Å². The maximum absolute atomic E-state index is 12.7. The third kappa shape index (κ3) is 5.63. The maximum atomic E-state index is 12.7. The molecule has 2 amide bonds. The topological polar surface area (TPSA) is 67.4 Å². The standard InChI is InChI=1S/C22H24N2O3S/c1-16(11-12-17-7-3-2-4-8-17)23-21(25)18-9-5-6-10-19(18)24-22(26)20-15-28-14-13-27-20/h2-10,15-16H,11-14H2,1H3,(H,23,25)(H,24,26)/t16-/m0/s1. The Hall–Kier alpha value is -2.73. The minimum absolute atomic E-state index is 0.0113. The summed E-state index contributed by atoms with van der Waals surface area (Å²) in [6.45, 7) is 2.49. The van der Waals surface area contributed by atoms with Gasteiger partial charge in [0.15, 0.2) is 5.76 Å². The van der Waals surface area contributed by atoms with Crippen molar-refractivity contribution in [2.45, 2.75) is 25.8 Å². The lowest BCUT2D eigenvalue weighted by molar-refractivity contribution is -0.116. The summed E-state index contributed by atoms with van der Waals surface area (Å²) in [4.78, 5) is 25.1. The fraction of sp³-hybridized carbons (Fsp3) is 0.273. The Morgan fingerprint density at radius 3 is 2.57 bits per heavy atom. The highest BCUT2D eigenvalue weighted by Gasteiger charge is 2.19. The van der Waals surface area contributed by atoms with Crippen LogP contribution in [0.2, 0.25) is 0 Å². The number of aryl methyl sites for hydroxylation is 1. The Morgan fingerprint density at radius 1 is 1.07 bits per heavy atom. The van der Waals surface area contributed by atoms with Crippen molar-refractivity contribution < 1.29 is 14.3 Å². The average molecular weight is 397 g/mol. The molecule has 2 aromatic rings. The van der Waals surface area contributed by atoms with Gasteiger partial charge < -0.3 is 15.4 Å². The summed E-state index contributed by atoms with van der Waals surface area (Å²) in [5.74, 6) is 0.563. The van der Waals surface area contributed by atoms with Gasteiger partial charge in [-0.1, -0.05) is 42.5 Å². The molecule has 5 nitrogen and oxygen atoms in total. The Balaban J connectivity index is 1.60. The number of carbonyl (C=O) groups excluding carboxylic acids is 2. The molecule has 2 N–H and O–H groups in total. The van der Waals surface area contributed by atoms with Crippen molar-refractivity contribution in [1.29, 1.82) is 0 Å². The highest BCUT2D eigenvalue weighted by molar-refractivity contribution is 8.02. The number of benzene rings is 2. The van der Waals surface area contributed by atoms with Gasteiger partial charge in [-0.25, -0.2) is 0 Å². The number of carbonyl (C=O) groups is 2. The average Bonchev–Trinajstić information content (AvgIpc) is 2.74. The highest BCUT2D eigenvalue weighted by atomic mass is 32.2. The first-order chi connectivity index (χ1) is 13.6. The zero-order chi connectivity index (χ0) is 19.8. The first kappa shape index (κ1) is 20.0. The van der Waals surface area contributed by atoms with E-state index in [1.54, 1.807) is 29.7 Å². The van der Waals surface area contributed by atoms with Crippen molar-refractivity contribution in [3.63, 3.8) is 0 Å². The van der Waals surface area contributed by atoms with E-state index in [9.17, 15) is 9.59 Å². The van der Waals surface area contributed by atoms with Crippen molar-refractivity contribution in [1.82, 2.24) is 5.32 Å². The van der Waals surface area contributed by atoms with Crippen LogP contribution in [0.4, 0.5) is 5.69 Å². The fourth-order valence-corrected chi connectivity index (χ4v) is 3.49. The summed E-state index contributed by atoms with van der Waals surface area (Å²) in [5.41, 5.74) is 2.15. The first-order valence-corrected chi connectivity index (χ1v) is 10.4. The van der Waals surface area contributed by atoms with Crippen molar-refractivity contribution >= 4 is 29.3 Å². The predicted molar refractivity (Wildman–Crippen MR) is 113 cm³/mol. The van der Waals surface area contributed by atoms with Crippen LogP contribution >= 0.6 is 11.8 Å². The van der Waals surface area contributed by atoms with Crippen LogP contribution in [0.5, 0.6) is 0 Å². The van der Waals surface area contributed by atoms with Crippen LogP contribution < -0.4 is 10.6 Å². The van der Waals surface area contributed by atoms with Crippen molar-refractivity contribution in [2.75, 3.05) is 17.7 Å². The maximum Gasteiger partial charge on any atom is 0.291 e. The summed E-state index contributed by atoms with van der Waals surface area (Å²) in [5, 5.41) is 7.51. The number of para-hydroxylation sites is 1. The lowest BCUT2D eigenvalue weighted by atomic mass is 10.1. The van der Waals surface area contributed by atoms with E-state index in [1.807, 2.05) is 25.1 Å². The predicted octanol–water partition coefficient (Wildman–Crippen LogP) is 3.98. The molecule has 0 bridgehead atoms. The number of amides is 2. The third-order valence-corrected chi connectivity index (χ3v) is 5.16. The van der Waals surface area contributed by atoms with E-state index >= 15 is 0 Å². The molecule has 1 aliphatic heterocycles. The van der Waals surface area contributed by atoms with Crippen LogP contribution in [0.1, 0.15) is 29.3 Å². The highest BCUT2D eigenvalue weighted by Crippen LogP contribution is 2.20. The normalized spacial score (nSPS) is 14.4. The second-order valence-electron chi connectivity index (χ2n) is 6.60. The zero-order valence-corrected chi connectivity index (χ0v) is 16.6. The smallest absolute Gasteiger partial charge is 0.291 e. The Morgan fingerprint density at radius 2 is 1.82 bits per heavy atom. The number of hydrogen-bond donors (Lipinski definition) is 2. The summed E-state index contributed by atoms with van der Waals surface area (Å²) < 4.78 is 5.38. The van der Waals surface area contributed by atoms with Gasteiger partial charge >= 0.3 is 0 Å². The molecule has 0 unspecified atom stereocenters. The van der Waals surface area contributed by atoms with Crippen LogP contribution in [0.15, 0.2) is 65.8 Å². The van der Waals surface area contributed by atoms with Gasteiger partial charge in [-0.15, -0.1) is 11.8 Å². The van der Waals surface area contributed by atoms with Crippen LogP contribution in [0.3, 0.4) is 0 Å². The second-order valence-corrected chi connectivity index (χ2v) is 7.58. The van der Waals surface area contributed by atoms with E-state index in [-0.39, 0.29) is 23.6 Å². The van der Waals surface area contributed by atoms with Gasteiger partial charge in [0, 0.05) is 17.2 Å². The van der Waals surface area contributed by atoms with Crippen molar-refractivity contribution in [2.24, 2.45) is 0 Å². The van der Waals surface area contributed by atoms with Gasteiger partial charge in [0.25, 0.3) is 11.8 Å². The Labute approximate surface area is 169 Å². The van der Waals surface area contributed by atoms with E-state index in [1.165, 1.54) is 17.3 Å². The molecule has 1 atom stereocenters. The molecule has 0 fully saturated rings. The summed E-state index contributed by atoms with van der Waals surface area (Å²) >= 11 is 1.54. The van der Waals surface area contributed by atoms with Gasteiger partial charge in [-0.3, -0.25) is 9.59 Å². The lowest BCUT2D eigenvalue weighted by Crippen LogP contribution is -2.33. The van der Waals surface area contributed by atoms with Gasteiger partial charge in [0.2, 0.25) is 0 Å². The number of ether oxygens (including phenoxy) is 1. The number of thioether (sulfide) groups is 1. The molecule has 0 aromatic heterocycles. The van der Waals surface area contributed by atoms with Gasteiger partial charge in [-0.05, 0) is 37.5 Å². The fourth-order valence-electron chi connectivity index (χ4n) is 2.86. The zero-order valence-electron chi connectivity index (χ0n) is 15.8. The molecule has 2 aromatic carbocycles. The first-order valence-electron chi connectivity index (χ1n) is 9.33. The van der Waals surface area contributed by atoms with E-state index in [0.29, 0.717) is 17.9 Å². The molecular weight excluding hydrogens is 372 g/mol. The molecular formula is C22H24N2O3S. The lowest BCUT2D eigenvalue weighted by Gasteiger charge is -2.17. The van der Waals surface area contributed by atoms with E-state index in [0.717, 1.165) is 18.6 Å². The molecule has 1 heterocycles. The van der Waals surface area contributed by atoms with Gasteiger partial charge in [0.1, 0.15) is 0 Å². The van der Waals surface area contributed by atoms with Crippen LogP contribution in [0, 0.1) is 0 Å². The quantitative estimate of drug-likeness (QED) is 0.743. The van der Waals surface area contributed by atoms with Crippen LogP contribution in [0.25, 0.3) is 0 Å². The monoisotopic (exact) mass is 396 g/mol. The van der Waals surface area contributed by atoms with Crippen molar-refractivity contribution in [3.8, 4) is 0 Å². The van der Waals surface area contributed by atoms with E-state index in [4.69, 9.17) is 4.74 Å². The SMILES string of the molecule is C[C@@H](CCc1ccccc1)NC(=O)c1ccccc1NC(=O)C1=CSCCO1. The minimum atomic E-state index is -0.343. The van der Waals surface area contributed by atoms with Gasteiger partial charge in [-0.2, -0.15) is 0 Å². The number of anilines is 1. The van der Waals surface area contributed by atoms with E-state index in [2.05, 4.69) is 22.8 Å². The second kappa shape index (κ2) is 9.99. The number of rotatable bonds is 7. The number of nitrogens with one attached hydrogen (secondary N) is 2. The molecule has 28 heavy (non-hydrogen) atoms. The molecule has 6 heteroatoms. The third-order valence-electron chi connectivity index (χ3n) is 4.38. The summed E-state index contributed by atoms with van der Waals surface area (Å²) in [6, 6.07) is 17.2. The van der Waals surface area contributed by atoms with Crippen molar-refractivity contribution in [3.05, 3.63) is 76.9 Å².